The molecule has 4 N–H and O–H groups in total. The molecule has 4 saturated carbocycles. The molecule has 2 unspecified atom stereocenters. The van der Waals surface area contributed by atoms with Gasteiger partial charge in [0.1, 0.15) is 6.61 Å². The minimum Gasteiger partial charge on any atom is -0.615 e. The molecule has 8 rings (SSSR count). The largest absolute Gasteiger partial charge is 0.615 e. The maximum atomic E-state index is 12.9. The summed E-state index contributed by atoms with van der Waals surface area (Å²) < 4.78 is 14.4. The first-order chi connectivity index (χ1) is 32.6. The number of carbonyl (C=O) groups excluding carboxylic acids is 7. The van der Waals surface area contributed by atoms with Crippen molar-refractivity contribution < 1.29 is 85.6 Å². The number of imide groups is 1. The van der Waals surface area contributed by atoms with E-state index in [1.54, 1.807) is 43.3 Å². The fourth-order valence-electron chi connectivity index (χ4n) is 12.1. The first-order valence-electron chi connectivity index (χ1n) is 23.4. The van der Waals surface area contributed by atoms with Crippen LogP contribution >= 0.6 is 0 Å². The van der Waals surface area contributed by atoms with Crippen LogP contribution in [0, 0.1) is 36.5 Å². The molecule has 4 atom stereocenters. The van der Waals surface area contributed by atoms with E-state index in [2.05, 4.69) is 44.7 Å². The molecular weight excluding hydrogens is 988 g/mol. The molecule has 0 saturated heterocycles. The molecule has 1 radical (unpaired) electrons. The number of hydrogen-bond acceptors (Lipinski definition) is 11. The number of carbonyl (C=O) groups is 8. The number of amides is 6. The number of Topliss-reactive ketones (excluding diaryl/α,β-unsaturated/α-hetero) is 1. The molecule has 379 valence electrons. The number of likely N-dealkylation sites (N-methyl/N-ethyl adjacent to an activating group) is 1. The zero-order chi connectivity index (χ0) is 49.9. The summed E-state index contributed by atoms with van der Waals surface area (Å²) in [6, 6.07) is 11.2. The van der Waals surface area contributed by atoms with Gasteiger partial charge >= 0.3 is 5.97 Å². The summed E-state index contributed by atoms with van der Waals surface area (Å²) in [7, 11) is 1.53. The van der Waals surface area contributed by atoms with E-state index in [9.17, 15) is 43.5 Å². The van der Waals surface area contributed by atoms with E-state index in [4.69, 9.17) is 9.47 Å². The van der Waals surface area contributed by atoms with Crippen molar-refractivity contribution >= 4 is 53.1 Å². The topological polar surface area (TPSA) is 246 Å². The quantitative estimate of drug-likeness (QED) is 0.0508. The third kappa shape index (κ3) is 13.5. The Balaban J connectivity index is 0.00000469. The second-order valence-corrected chi connectivity index (χ2v) is 20.4. The van der Waals surface area contributed by atoms with Gasteiger partial charge in [-0.25, -0.2) is 9.78 Å². The molecule has 1 aromatic carbocycles. The van der Waals surface area contributed by atoms with Crippen LogP contribution in [-0.2, 0) is 90.5 Å². The van der Waals surface area contributed by atoms with Gasteiger partial charge < -0.3 is 47.8 Å². The minimum absolute atomic E-state index is 0. The summed E-state index contributed by atoms with van der Waals surface area (Å²) in [6.07, 6.45) is 9.20. The maximum absolute atomic E-state index is 12.9. The van der Waals surface area contributed by atoms with Gasteiger partial charge in [-0.15, -0.1) is 6.54 Å². The van der Waals surface area contributed by atoms with Crippen molar-refractivity contribution in [3.05, 3.63) is 96.2 Å². The number of carboxylic acid groups (broad SMARTS) is 1. The predicted octanol–water partition coefficient (Wildman–Crippen LogP) is 6.49. The molecule has 71 heavy (non-hydrogen) atoms. The average molecular weight is 1050 g/mol. The van der Waals surface area contributed by atoms with Crippen LogP contribution < -0.4 is 16.0 Å². The van der Waals surface area contributed by atoms with Gasteiger partial charge in [-0.1, -0.05) is 39.0 Å². The normalized spacial score (nSPS) is 23.5. The number of benzene rings is 1. The zero-order valence-electron chi connectivity index (χ0n) is 41.7. The summed E-state index contributed by atoms with van der Waals surface area (Å²) in [5.74, 6) is -4.35. The number of aromatic nitrogens is 2. The van der Waals surface area contributed by atoms with Crippen LogP contribution in [0.5, 0.6) is 0 Å². The predicted molar refractivity (Wildman–Crippen MR) is 259 cm³/mol. The number of carboxylic acids is 1. The van der Waals surface area contributed by atoms with Crippen LogP contribution in [0.25, 0.3) is 16.4 Å². The third-order valence-electron chi connectivity index (χ3n) is 14.1. The van der Waals surface area contributed by atoms with Crippen LogP contribution in [0.4, 0.5) is 10.5 Å². The van der Waals surface area contributed by atoms with E-state index >= 15 is 0 Å². The van der Waals surface area contributed by atoms with Crippen molar-refractivity contribution in [1.82, 2.24) is 25.1 Å². The standard InChI is InChI=1S/C51H63N7O11.CH3.Y/c1-31(21-39(59)32(2)54-40(60)16-19-58-42(62)13-14-43(58)63)45(64)56-35-9-7-34(8-10-35)23-68-47(67)53-17-20-69-51-27-48(4)24-49(5,28-51)26-50(25-48,29-51)30-57-18-15-37(33(57)3)38-12-11-36(22-41(61)52-6)55-44(38)46(65)66;;/h7-15,18,31-32H,16-17,19-30H2,1-6H3,(H5,52,53,54,56,60,61,64,65,66,67);1H3;/q;-1;/p-1/t31-,32+,48?,49?,50?,51?;;/m1../s1. The Bertz CT molecular complexity index is 2540. The second kappa shape index (κ2) is 22.9. The first kappa shape index (κ1) is 56.3. The SMILES string of the molecule is CNC(=O)Cc1ccc(-c2ccn(CC34CC5(C)CC(C)(C3)CC(OCC[N-]C(=O)OCc3ccc(NC(=O)[C@H](C)CC(=O)[C@H](C)NC(=O)CCN6C(=O)C=CC6=O)cc3)(C5)C4)c2C)c(C(=O)O)n1.[CH3-].[Y]. The molecule has 4 bridgehead atoms. The van der Waals surface area contributed by atoms with E-state index < -0.39 is 47.7 Å². The molecule has 3 heterocycles. The van der Waals surface area contributed by atoms with Crippen molar-refractivity contribution in [2.45, 2.75) is 117 Å². The molecule has 4 fully saturated rings. The number of ketones is 1. The summed E-state index contributed by atoms with van der Waals surface area (Å²) in [5.41, 5.74) is 3.40. The van der Waals surface area contributed by atoms with Crippen LogP contribution in [0.15, 0.2) is 60.8 Å². The molecule has 3 aromatic rings. The van der Waals surface area contributed by atoms with Gasteiger partial charge in [0.05, 0.1) is 23.8 Å². The maximum Gasteiger partial charge on any atom is 0.355 e. The Hall–Kier alpha value is -5.59. The summed E-state index contributed by atoms with van der Waals surface area (Å²) in [6.45, 7) is 10.9. The van der Waals surface area contributed by atoms with E-state index in [1.165, 1.54) is 14.0 Å². The van der Waals surface area contributed by atoms with Gasteiger partial charge in [-0.05, 0) is 98.4 Å². The number of pyridine rings is 1. The fourth-order valence-corrected chi connectivity index (χ4v) is 12.1. The van der Waals surface area contributed by atoms with Crippen LogP contribution in [0.1, 0.15) is 107 Å². The number of nitrogens with one attached hydrogen (secondary N) is 3. The number of ether oxygens (including phenoxy) is 2. The van der Waals surface area contributed by atoms with Gasteiger partial charge in [0.2, 0.25) is 23.8 Å². The Morgan fingerprint density at radius 2 is 1.54 bits per heavy atom. The number of anilines is 1. The molecule has 6 amide bonds. The van der Waals surface area contributed by atoms with Crippen LogP contribution in [0.3, 0.4) is 0 Å². The number of hydrogen-bond donors (Lipinski definition) is 4. The smallest absolute Gasteiger partial charge is 0.355 e. The molecular formula is C52H65N7O11Y-2. The first-order valence-corrected chi connectivity index (χ1v) is 23.4. The molecule has 1 aliphatic heterocycles. The Labute approximate surface area is 440 Å². The average Bonchev–Trinajstić information content (AvgIpc) is 3.80. The van der Waals surface area contributed by atoms with Crippen molar-refractivity contribution in [3.8, 4) is 11.1 Å². The Morgan fingerprint density at radius 1 is 0.873 bits per heavy atom. The Morgan fingerprint density at radius 3 is 2.17 bits per heavy atom. The number of nitrogens with zero attached hydrogens (tertiary/aromatic N) is 4. The molecule has 5 aliphatic rings. The molecule has 2 aromatic heterocycles. The van der Waals surface area contributed by atoms with Crippen LogP contribution in [-0.4, -0.2) is 105 Å². The fraction of sp³-hybridized carbons (Fsp3) is 0.500. The van der Waals surface area contributed by atoms with Crippen molar-refractivity contribution in [2.24, 2.45) is 22.2 Å². The van der Waals surface area contributed by atoms with Crippen molar-refractivity contribution in [3.63, 3.8) is 0 Å². The van der Waals surface area contributed by atoms with E-state index in [-0.39, 0.29) is 125 Å². The van der Waals surface area contributed by atoms with Crippen molar-refractivity contribution in [1.29, 1.82) is 0 Å². The van der Waals surface area contributed by atoms with Gasteiger partial charge in [0.15, 0.2) is 11.5 Å². The van der Waals surface area contributed by atoms with Crippen LogP contribution in [0.2, 0.25) is 0 Å². The minimum atomic E-state index is -1.16. The van der Waals surface area contributed by atoms with Gasteiger partial charge in [-0.3, -0.25) is 38.5 Å². The van der Waals surface area contributed by atoms with Crippen molar-refractivity contribution in [2.75, 3.05) is 32.1 Å². The molecule has 18 nitrogen and oxygen atoms in total. The summed E-state index contributed by atoms with van der Waals surface area (Å²) in [5, 5.41) is 22.1. The summed E-state index contributed by atoms with van der Waals surface area (Å²) in [4.78, 5) is 104. The van der Waals surface area contributed by atoms with E-state index in [0.29, 0.717) is 22.5 Å². The molecule has 4 aliphatic carbocycles. The third-order valence-corrected chi connectivity index (χ3v) is 14.1. The van der Waals surface area contributed by atoms with Gasteiger partial charge in [0, 0.05) is 119 Å². The van der Waals surface area contributed by atoms with E-state index in [1.807, 2.05) is 19.2 Å². The van der Waals surface area contributed by atoms with Gasteiger partial charge in [0.25, 0.3) is 11.8 Å². The number of aromatic carboxylic acids is 1. The second-order valence-electron chi connectivity index (χ2n) is 20.4. The van der Waals surface area contributed by atoms with Gasteiger partial charge in [-0.2, -0.15) is 0 Å². The number of rotatable bonds is 21. The molecule has 0 spiro atoms. The van der Waals surface area contributed by atoms with E-state index in [0.717, 1.165) is 73.4 Å². The molecule has 19 heteroatoms. The monoisotopic (exact) mass is 1050 g/mol. The Kier molecular flexibility index (Phi) is 18.1. The zero-order valence-corrected chi connectivity index (χ0v) is 44.6. The summed E-state index contributed by atoms with van der Waals surface area (Å²) >= 11 is 0.